The zero-order valence-electron chi connectivity index (χ0n) is 11.8. The van der Waals surface area contributed by atoms with Gasteiger partial charge in [-0.05, 0) is 36.4 Å². The Morgan fingerprint density at radius 1 is 1.19 bits per heavy atom. The van der Waals surface area contributed by atoms with Crippen molar-refractivity contribution < 1.29 is 0 Å². The van der Waals surface area contributed by atoms with E-state index in [-0.39, 0.29) is 6.04 Å². The van der Waals surface area contributed by atoms with Gasteiger partial charge in [0.15, 0.2) is 0 Å². The maximum absolute atomic E-state index is 6.05. The number of pyridine rings is 1. The van der Waals surface area contributed by atoms with Crippen molar-refractivity contribution in [1.29, 1.82) is 0 Å². The van der Waals surface area contributed by atoms with Crippen LogP contribution in [0, 0.1) is 0 Å². The molecule has 0 radical (unpaired) electrons. The summed E-state index contributed by atoms with van der Waals surface area (Å²) >= 11 is 7.70. The van der Waals surface area contributed by atoms with Gasteiger partial charge in [0.1, 0.15) is 0 Å². The Morgan fingerprint density at radius 2 is 2.10 bits per heavy atom. The van der Waals surface area contributed by atoms with E-state index in [0.717, 1.165) is 22.8 Å². The third-order valence-corrected chi connectivity index (χ3v) is 4.79. The van der Waals surface area contributed by atoms with Crippen molar-refractivity contribution in [3.8, 4) is 0 Å². The molecule has 21 heavy (non-hydrogen) atoms. The smallest absolute Gasteiger partial charge is 0.0931 e. The number of nitrogens with zero attached hydrogens (tertiary/aromatic N) is 1. The van der Waals surface area contributed by atoms with Crippen molar-refractivity contribution in [3.63, 3.8) is 0 Å². The van der Waals surface area contributed by atoms with Gasteiger partial charge < -0.3 is 5.32 Å². The fourth-order valence-electron chi connectivity index (χ4n) is 2.63. The fourth-order valence-corrected chi connectivity index (χ4v) is 3.77. The highest BCUT2D eigenvalue weighted by molar-refractivity contribution is 7.16. The maximum atomic E-state index is 6.05. The van der Waals surface area contributed by atoms with Gasteiger partial charge in [-0.25, -0.2) is 0 Å². The number of likely N-dealkylation sites (N-methyl/N-ethyl adjacent to an activating group) is 1. The number of halogens is 1. The van der Waals surface area contributed by atoms with Crippen molar-refractivity contribution in [2.24, 2.45) is 0 Å². The van der Waals surface area contributed by atoms with Crippen LogP contribution in [-0.2, 0) is 6.42 Å². The normalized spacial score (nSPS) is 12.7. The minimum absolute atomic E-state index is 0.276. The van der Waals surface area contributed by atoms with E-state index in [0.29, 0.717) is 0 Å². The van der Waals surface area contributed by atoms with Crippen LogP contribution in [0.15, 0.2) is 48.7 Å². The molecule has 3 rings (SSSR count). The largest absolute Gasteiger partial charge is 0.310 e. The summed E-state index contributed by atoms with van der Waals surface area (Å²) in [7, 11) is 0. The summed E-state index contributed by atoms with van der Waals surface area (Å²) in [5.41, 5.74) is 2.34. The van der Waals surface area contributed by atoms with E-state index in [9.17, 15) is 0 Å². The minimum atomic E-state index is 0.276. The SMILES string of the molecule is CCNC(Cc1ccc(Cl)s1)c1cccc2ncccc12. The van der Waals surface area contributed by atoms with Crippen LogP contribution in [0.3, 0.4) is 0 Å². The van der Waals surface area contributed by atoms with Crippen LogP contribution < -0.4 is 5.32 Å². The zero-order chi connectivity index (χ0) is 14.7. The molecule has 0 spiro atoms. The van der Waals surface area contributed by atoms with Gasteiger partial charge in [-0.15, -0.1) is 11.3 Å². The zero-order valence-corrected chi connectivity index (χ0v) is 13.4. The van der Waals surface area contributed by atoms with E-state index in [2.05, 4.69) is 47.6 Å². The van der Waals surface area contributed by atoms with Crippen LogP contribution >= 0.6 is 22.9 Å². The Balaban J connectivity index is 1.98. The van der Waals surface area contributed by atoms with Crippen molar-refractivity contribution >= 4 is 33.8 Å². The number of fused-ring (bicyclic) bond motifs is 1. The van der Waals surface area contributed by atoms with Gasteiger partial charge in [0.2, 0.25) is 0 Å². The molecule has 2 heterocycles. The number of hydrogen-bond acceptors (Lipinski definition) is 3. The van der Waals surface area contributed by atoms with Gasteiger partial charge in [-0.2, -0.15) is 0 Å². The second kappa shape index (κ2) is 6.56. The lowest BCUT2D eigenvalue weighted by Gasteiger charge is -2.19. The highest BCUT2D eigenvalue weighted by Crippen LogP contribution is 2.29. The summed E-state index contributed by atoms with van der Waals surface area (Å²) < 4.78 is 0.847. The number of nitrogens with one attached hydrogen (secondary N) is 1. The van der Waals surface area contributed by atoms with E-state index >= 15 is 0 Å². The highest BCUT2D eigenvalue weighted by atomic mass is 35.5. The summed E-state index contributed by atoms with van der Waals surface area (Å²) in [5, 5.41) is 4.80. The first kappa shape index (κ1) is 14.5. The summed E-state index contributed by atoms with van der Waals surface area (Å²) in [6, 6.07) is 14.8. The molecule has 1 aromatic carbocycles. The molecular weight excluding hydrogens is 300 g/mol. The molecule has 0 saturated carbocycles. The first-order chi connectivity index (χ1) is 10.3. The van der Waals surface area contributed by atoms with Crippen LogP contribution in [-0.4, -0.2) is 11.5 Å². The average Bonchev–Trinajstić information content (AvgIpc) is 2.91. The van der Waals surface area contributed by atoms with E-state index in [1.807, 2.05) is 18.3 Å². The molecular formula is C17H17ClN2S. The van der Waals surface area contributed by atoms with Gasteiger partial charge in [-0.3, -0.25) is 4.98 Å². The number of rotatable bonds is 5. The number of thiophene rings is 1. The first-order valence-electron chi connectivity index (χ1n) is 7.09. The van der Waals surface area contributed by atoms with Crippen LogP contribution in [0.5, 0.6) is 0 Å². The lowest BCUT2D eigenvalue weighted by atomic mass is 9.98. The fraction of sp³-hybridized carbons (Fsp3) is 0.235. The van der Waals surface area contributed by atoms with E-state index in [1.165, 1.54) is 15.8 Å². The average molecular weight is 317 g/mol. The summed E-state index contributed by atoms with van der Waals surface area (Å²) in [4.78, 5) is 5.75. The van der Waals surface area contributed by atoms with Crippen molar-refractivity contribution in [2.75, 3.05) is 6.54 Å². The molecule has 2 nitrogen and oxygen atoms in total. The highest BCUT2D eigenvalue weighted by Gasteiger charge is 2.15. The molecule has 0 bridgehead atoms. The molecule has 0 amide bonds. The van der Waals surface area contributed by atoms with Crippen LogP contribution in [0.2, 0.25) is 4.34 Å². The molecule has 1 atom stereocenters. The lowest BCUT2D eigenvalue weighted by Crippen LogP contribution is -2.22. The van der Waals surface area contributed by atoms with Gasteiger partial charge in [0.25, 0.3) is 0 Å². The summed E-state index contributed by atoms with van der Waals surface area (Å²) in [6.45, 7) is 3.07. The second-order valence-electron chi connectivity index (χ2n) is 4.94. The molecule has 108 valence electrons. The third-order valence-electron chi connectivity index (χ3n) is 3.54. The molecule has 4 heteroatoms. The molecule has 2 aromatic heterocycles. The maximum Gasteiger partial charge on any atom is 0.0931 e. The first-order valence-corrected chi connectivity index (χ1v) is 8.28. The predicted octanol–water partition coefficient (Wildman–Crippen LogP) is 4.84. The molecule has 0 fully saturated rings. The van der Waals surface area contributed by atoms with Crippen molar-refractivity contribution in [3.05, 3.63) is 63.4 Å². The molecule has 1 N–H and O–H groups in total. The van der Waals surface area contributed by atoms with Gasteiger partial charge in [0, 0.05) is 28.9 Å². The summed E-state index contributed by atoms with van der Waals surface area (Å²) in [5.74, 6) is 0. The topological polar surface area (TPSA) is 24.9 Å². The number of aromatic nitrogens is 1. The minimum Gasteiger partial charge on any atom is -0.310 e. The monoisotopic (exact) mass is 316 g/mol. The Hall–Kier alpha value is -1.42. The Bertz CT molecular complexity index is 733. The molecule has 0 saturated heterocycles. The quantitative estimate of drug-likeness (QED) is 0.728. The molecule has 1 unspecified atom stereocenters. The van der Waals surface area contributed by atoms with Crippen LogP contribution in [0.25, 0.3) is 10.9 Å². The van der Waals surface area contributed by atoms with E-state index in [1.54, 1.807) is 11.3 Å². The molecule has 0 aliphatic carbocycles. The van der Waals surface area contributed by atoms with E-state index < -0.39 is 0 Å². The molecule has 0 aliphatic rings. The predicted molar refractivity (Wildman–Crippen MR) is 91.2 cm³/mol. The van der Waals surface area contributed by atoms with Gasteiger partial charge >= 0.3 is 0 Å². The Kier molecular flexibility index (Phi) is 4.54. The van der Waals surface area contributed by atoms with Gasteiger partial charge in [0.05, 0.1) is 9.85 Å². The number of benzene rings is 1. The van der Waals surface area contributed by atoms with Crippen molar-refractivity contribution in [2.45, 2.75) is 19.4 Å². The molecule has 3 aromatic rings. The second-order valence-corrected chi connectivity index (χ2v) is 6.74. The number of hydrogen-bond donors (Lipinski definition) is 1. The van der Waals surface area contributed by atoms with Gasteiger partial charge in [-0.1, -0.05) is 36.7 Å². The summed E-state index contributed by atoms with van der Waals surface area (Å²) in [6.07, 6.45) is 2.78. The third kappa shape index (κ3) is 3.26. The van der Waals surface area contributed by atoms with E-state index in [4.69, 9.17) is 11.6 Å². The van der Waals surface area contributed by atoms with Crippen LogP contribution in [0.4, 0.5) is 0 Å². The molecule has 0 aliphatic heterocycles. The standard InChI is InChI=1S/C17H17ClN2S/c1-2-19-16(11-12-8-9-17(18)21-12)14-5-3-7-15-13(14)6-4-10-20-15/h3-10,16,19H,2,11H2,1H3. The van der Waals surface area contributed by atoms with Crippen LogP contribution in [0.1, 0.15) is 23.4 Å². The van der Waals surface area contributed by atoms with Crippen molar-refractivity contribution in [1.82, 2.24) is 10.3 Å². The lowest BCUT2D eigenvalue weighted by molar-refractivity contribution is 0.557. The Morgan fingerprint density at radius 3 is 2.86 bits per heavy atom. The Labute approximate surface area is 133 Å².